The summed E-state index contributed by atoms with van der Waals surface area (Å²) in [5, 5.41) is 2.68. The predicted octanol–water partition coefficient (Wildman–Crippen LogP) is 2.37. The van der Waals surface area contributed by atoms with E-state index < -0.39 is 11.6 Å². The average molecular weight is 274 g/mol. The summed E-state index contributed by atoms with van der Waals surface area (Å²) in [6.07, 6.45) is 0.822. The number of thioether (sulfide) groups is 1. The third-order valence-electron chi connectivity index (χ3n) is 2.28. The Bertz CT molecular complexity index is 415. The lowest BCUT2D eigenvalue weighted by molar-refractivity contribution is -0.113. The second-order valence-electron chi connectivity index (χ2n) is 3.87. The molecule has 1 aromatic rings. The lowest BCUT2D eigenvalue weighted by Gasteiger charge is -2.10. The molecule has 0 radical (unpaired) electrons. The molecule has 0 bridgehead atoms. The highest BCUT2D eigenvalue weighted by Crippen LogP contribution is 2.17. The van der Waals surface area contributed by atoms with Crippen molar-refractivity contribution in [1.29, 1.82) is 0 Å². The van der Waals surface area contributed by atoms with Crippen molar-refractivity contribution in [3.05, 3.63) is 29.8 Å². The summed E-state index contributed by atoms with van der Waals surface area (Å²) in [6.45, 7) is 2.55. The minimum absolute atomic E-state index is 0.00604. The summed E-state index contributed by atoms with van der Waals surface area (Å²) in [7, 11) is 0. The Morgan fingerprint density at radius 3 is 2.83 bits per heavy atom. The molecular weight excluding hydrogens is 258 g/mol. The fraction of sp³-hybridized carbons (Fsp3) is 0.417. The maximum absolute atomic E-state index is 13.3. The Morgan fingerprint density at radius 1 is 1.50 bits per heavy atom. The number of nitrogens with two attached hydrogens (primary N) is 1. The Morgan fingerprint density at radius 2 is 2.22 bits per heavy atom. The normalized spacial score (nSPS) is 12.2. The predicted molar refractivity (Wildman–Crippen MR) is 70.6 cm³/mol. The second-order valence-corrected chi connectivity index (χ2v) is 5.30. The monoisotopic (exact) mass is 274 g/mol. The van der Waals surface area contributed by atoms with Crippen molar-refractivity contribution < 1.29 is 13.6 Å². The van der Waals surface area contributed by atoms with Crippen LogP contribution in [-0.2, 0) is 4.79 Å². The van der Waals surface area contributed by atoms with Crippen molar-refractivity contribution in [2.45, 2.75) is 18.6 Å². The number of amides is 1. The van der Waals surface area contributed by atoms with Crippen LogP contribution in [0, 0.1) is 11.6 Å². The van der Waals surface area contributed by atoms with Gasteiger partial charge in [0.1, 0.15) is 11.6 Å². The lowest BCUT2D eigenvalue weighted by Crippen LogP contribution is -2.17. The largest absolute Gasteiger partial charge is 0.330 e. The molecule has 1 amide bonds. The third kappa shape index (κ3) is 5.01. The summed E-state index contributed by atoms with van der Waals surface area (Å²) >= 11 is 1.45. The van der Waals surface area contributed by atoms with Gasteiger partial charge >= 0.3 is 0 Å². The Balaban J connectivity index is 2.44. The quantitative estimate of drug-likeness (QED) is 0.837. The molecule has 0 saturated carbocycles. The van der Waals surface area contributed by atoms with Crippen LogP contribution in [0.3, 0.4) is 0 Å². The van der Waals surface area contributed by atoms with Crippen LogP contribution in [0.15, 0.2) is 18.2 Å². The first-order valence-corrected chi connectivity index (χ1v) is 6.64. The number of benzene rings is 1. The topological polar surface area (TPSA) is 55.1 Å². The number of nitrogens with one attached hydrogen (secondary N) is 1. The van der Waals surface area contributed by atoms with Gasteiger partial charge in [0.2, 0.25) is 5.91 Å². The third-order valence-corrected chi connectivity index (χ3v) is 3.51. The van der Waals surface area contributed by atoms with Gasteiger partial charge in [-0.1, -0.05) is 6.92 Å². The van der Waals surface area contributed by atoms with Gasteiger partial charge in [-0.05, 0) is 25.1 Å². The Hall–Kier alpha value is -1.14. The van der Waals surface area contributed by atoms with Crippen LogP contribution in [0.5, 0.6) is 0 Å². The first kappa shape index (κ1) is 14.9. The van der Waals surface area contributed by atoms with E-state index in [1.165, 1.54) is 17.8 Å². The van der Waals surface area contributed by atoms with E-state index in [0.29, 0.717) is 6.54 Å². The van der Waals surface area contributed by atoms with Gasteiger partial charge in [-0.2, -0.15) is 0 Å². The van der Waals surface area contributed by atoms with E-state index in [9.17, 15) is 13.6 Å². The van der Waals surface area contributed by atoms with E-state index >= 15 is 0 Å². The molecule has 6 heteroatoms. The zero-order valence-corrected chi connectivity index (χ0v) is 10.9. The molecule has 3 N–H and O–H groups in total. The molecule has 18 heavy (non-hydrogen) atoms. The van der Waals surface area contributed by atoms with Gasteiger partial charge in [0.25, 0.3) is 0 Å². The Labute approximate surface area is 109 Å². The zero-order valence-electron chi connectivity index (χ0n) is 10.1. The molecule has 1 unspecified atom stereocenters. The van der Waals surface area contributed by atoms with Crippen molar-refractivity contribution in [3.8, 4) is 0 Å². The summed E-state index contributed by atoms with van der Waals surface area (Å²) < 4.78 is 25.9. The highest BCUT2D eigenvalue weighted by molar-refractivity contribution is 8.00. The Kier molecular flexibility index (Phi) is 6.07. The fourth-order valence-electron chi connectivity index (χ4n) is 1.31. The molecule has 100 valence electrons. The van der Waals surface area contributed by atoms with Crippen LogP contribution in [0.25, 0.3) is 0 Å². The summed E-state index contributed by atoms with van der Waals surface area (Å²) in [5.41, 5.74) is 5.39. The van der Waals surface area contributed by atoms with Crippen LogP contribution in [0.1, 0.15) is 13.3 Å². The van der Waals surface area contributed by atoms with E-state index in [2.05, 4.69) is 5.32 Å². The molecule has 0 saturated heterocycles. The fourth-order valence-corrected chi connectivity index (χ4v) is 2.12. The van der Waals surface area contributed by atoms with Gasteiger partial charge < -0.3 is 11.1 Å². The summed E-state index contributed by atoms with van der Waals surface area (Å²) in [4.78, 5) is 11.5. The van der Waals surface area contributed by atoms with E-state index in [4.69, 9.17) is 5.73 Å². The van der Waals surface area contributed by atoms with Gasteiger partial charge in [0, 0.05) is 11.3 Å². The van der Waals surface area contributed by atoms with E-state index in [0.717, 1.165) is 18.6 Å². The van der Waals surface area contributed by atoms with E-state index in [-0.39, 0.29) is 22.6 Å². The van der Waals surface area contributed by atoms with Gasteiger partial charge in [0.15, 0.2) is 0 Å². The number of halogens is 2. The number of carbonyl (C=O) groups is 1. The smallest absolute Gasteiger partial charge is 0.234 e. The SMILES string of the molecule is CC(CCN)SCC(=O)Nc1ccc(F)cc1F. The van der Waals surface area contributed by atoms with Crippen molar-refractivity contribution in [3.63, 3.8) is 0 Å². The highest BCUT2D eigenvalue weighted by atomic mass is 32.2. The minimum Gasteiger partial charge on any atom is -0.330 e. The molecule has 0 fully saturated rings. The number of rotatable bonds is 6. The molecule has 0 heterocycles. The molecule has 1 aromatic carbocycles. The van der Waals surface area contributed by atoms with Crippen molar-refractivity contribution >= 4 is 23.4 Å². The first-order valence-electron chi connectivity index (χ1n) is 5.59. The maximum atomic E-state index is 13.3. The number of carbonyl (C=O) groups excluding carboxylic acids is 1. The average Bonchev–Trinajstić information content (AvgIpc) is 2.31. The molecule has 0 aromatic heterocycles. The van der Waals surface area contributed by atoms with Crippen LogP contribution in [-0.4, -0.2) is 23.5 Å². The number of hydrogen-bond donors (Lipinski definition) is 2. The van der Waals surface area contributed by atoms with Gasteiger partial charge in [-0.3, -0.25) is 4.79 Å². The molecule has 3 nitrogen and oxygen atoms in total. The van der Waals surface area contributed by atoms with E-state index in [1.54, 1.807) is 0 Å². The lowest BCUT2D eigenvalue weighted by atomic mass is 10.3. The standard InChI is InChI=1S/C12H16F2N2OS/c1-8(4-5-15)18-7-12(17)16-11-3-2-9(13)6-10(11)14/h2-3,6,8H,4-5,7,15H2,1H3,(H,16,17). The van der Waals surface area contributed by atoms with Crippen molar-refractivity contribution in [1.82, 2.24) is 0 Å². The molecule has 1 rings (SSSR count). The van der Waals surface area contributed by atoms with Crippen molar-refractivity contribution in [2.24, 2.45) is 5.73 Å². The van der Waals surface area contributed by atoms with Gasteiger partial charge in [-0.25, -0.2) is 8.78 Å². The highest BCUT2D eigenvalue weighted by Gasteiger charge is 2.10. The number of anilines is 1. The molecule has 0 aliphatic rings. The van der Waals surface area contributed by atoms with Crippen LogP contribution >= 0.6 is 11.8 Å². The van der Waals surface area contributed by atoms with Crippen molar-refractivity contribution in [2.75, 3.05) is 17.6 Å². The minimum atomic E-state index is -0.775. The molecule has 1 atom stereocenters. The molecule has 0 aliphatic heterocycles. The second kappa shape index (κ2) is 7.33. The van der Waals surface area contributed by atoms with Crippen LogP contribution < -0.4 is 11.1 Å². The maximum Gasteiger partial charge on any atom is 0.234 e. The summed E-state index contributed by atoms with van der Waals surface area (Å²) in [5.74, 6) is -1.54. The van der Waals surface area contributed by atoms with Crippen LogP contribution in [0.2, 0.25) is 0 Å². The first-order chi connectivity index (χ1) is 8.52. The van der Waals surface area contributed by atoms with Gasteiger partial charge in [0.05, 0.1) is 11.4 Å². The molecular formula is C12H16F2N2OS. The number of hydrogen-bond acceptors (Lipinski definition) is 3. The zero-order chi connectivity index (χ0) is 13.5. The molecule has 0 spiro atoms. The van der Waals surface area contributed by atoms with E-state index in [1.807, 2.05) is 6.92 Å². The summed E-state index contributed by atoms with van der Waals surface area (Å²) in [6, 6.07) is 3.04. The van der Waals surface area contributed by atoms with Crippen LogP contribution in [0.4, 0.5) is 14.5 Å². The van der Waals surface area contributed by atoms with Gasteiger partial charge in [-0.15, -0.1) is 11.8 Å². The molecule has 0 aliphatic carbocycles.